The highest BCUT2D eigenvalue weighted by atomic mass is 16.3. The second kappa shape index (κ2) is 6.69. The van der Waals surface area contributed by atoms with Crippen LogP contribution in [-0.2, 0) is 12.8 Å². The van der Waals surface area contributed by atoms with E-state index in [1.54, 1.807) is 0 Å². The van der Waals surface area contributed by atoms with E-state index in [4.69, 9.17) is 0 Å². The van der Waals surface area contributed by atoms with E-state index in [0.29, 0.717) is 6.54 Å². The van der Waals surface area contributed by atoms with E-state index in [1.165, 1.54) is 36.0 Å². The molecule has 0 bridgehead atoms. The Morgan fingerprint density at radius 2 is 2.14 bits per heavy atom. The van der Waals surface area contributed by atoms with Gasteiger partial charge in [-0.05, 0) is 55.7 Å². The minimum absolute atomic E-state index is 0.0128. The van der Waals surface area contributed by atoms with E-state index in [-0.39, 0.29) is 24.6 Å². The molecule has 1 aromatic rings. The van der Waals surface area contributed by atoms with Crippen LogP contribution in [0, 0.1) is 5.92 Å². The summed E-state index contributed by atoms with van der Waals surface area (Å²) < 4.78 is 0. The lowest BCUT2D eigenvalue weighted by Gasteiger charge is -2.23. The third-order valence-electron chi connectivity index (χ3n) is 5.04. The molecular weight excluding hydrogens is 276 g/mol. The maximum Gasteiger partial charge on any atom is 0.317 e. The summed E-state index contributed by atoms with van der Waals surface area (Å²) in [7, 11) is 0. The lowest BCUT2D eigenvalue weighted by molar-refractivity contribution is 0.195. The number of carbonyl (C=O) groups is 1. The molecule has 0 radical (unpaired) electrons. The number of nitrogens with one attached hydrogen (secondary N) is 1. The number of fused-ring (bicyclic) bond motifs is 1. The zero-order valence-corrected chi connectivity index (χ0v) is 13.3. The van der Waals surface area contributed by atoms with Crippen molar-refractivity contribution >= 4 is 6.03 Å². The Kier molecular flexibility index (Phi) is 4.67. The number of aliphatic hydroxyl groups excluding tert-OH is 1. The van der Waals surface area contributed by atoms with Crippen molar-refractivity contribution in [1.82, 2.24) is 10.2 Å². The number of hydrogen-bond donors (Lipinski definition) is 2. The van der Waals surface area contributed by atoms with E-state index >= 15 is 0 Å². The molecule has 1 saturated heterocycles. The Labute approximate surface area is 132 Å². The van der Waals surface area contributed by atoms with Crippen LogP contribution in [-0.4, -0.2) is 35.7 Å². The highest BCUT2D eigenvalue weighted by Crippen LogP contribution is 2.25. The number of hydrogen-bond acceptors (Lipinski definition) is 2. The SMILES string of the molecule is CC(NC(=O)N1CCC(CO)C1)c1ccc2c(c1)CCCC2. The van der Waals surface area contributed by atoms with Crippen molar-refractivity contribution in [3.05, 3.63) is 34.9 Å². The summed E-state index contributed by atoms with van der Waals surface area (Å²) in [6, 6.07) is 6.65. The van der Waals surface area contributed by atoms with Gasteiger partial charge >= 0.3 is 6.03 Å². The predicted molar refractivity (Wildman–Crippen MR) is 86.8 cm³/mol. The molecule has 0 aromatic heterocycles. The monoisotopic (exact) mass is 302 g/mol. The molecule has 1 aromatic carbocycles. The van der Waals surface area contributed by atoms with Gasteiger partial charge in [0.05, 0.1) is 6.04 Å². The summed E-state index contributed by atoms with van der Waals surface area (Å²) in [5.41, 5.74) is 4.11. The van der Waals surface area contributed by atoms with Gasteiger partial charge in [0.25, 0.3) is 0 Å². The van der Waals surface area contributed by atoms with Crippen molar-refractivity contribution < 1.29 is 9.90 Å². The van der Waals surface area contributed by atoms with E-state index in [2.05, 4.69) is 23.5 Å². The Morgan fingerprint density at radius 3 is 2.86 bits per heavy atom. The van der Waals surface area contributed by atoms with Crippen LogP contribution in [0.15, 0.2) is 18.2 Å². The molecule has 120 valence electrons. The minimum Gasteiger partial charge on any atom is -0.396 e. The smallest absolute Gasteiger partial charge is 0.317 e. The van der Waals surface area contributed by atoms with Gasteiger partial charge in [0.15, 0.2) is 0 Å². The molecule has 2 atom stereocenters. The van der Waals surface area contributed by atoms with Crippen molar-refractivity contribution in [2.24, 2.45) is 5.92 Å². The normalized spacial score (nSPS) is 22.3. The number of nitrogens with zero attached hydrogens (tertiary/aromatic N) is 1. The highest BCUT2D eigenvalue weighted by molar-refractivity contribution is 5.75. The van der Waals surface area contributed by atoms with Crippen molar-refractivity contribution in [1.29, 1.82) is 0 Å². The largest absolute Gasteiger partial charge is 0.396 e. The maximum atomic E-state index is 12.3. The number of benzene rings is 1. The molecule has 0 saturated carbocycles. The molecule has 2 N–H and O–H groups in total. The number of carbonyl (C=O) groups excluding carboxylic acids is 1. The van der Waals surface area contributed by atoms with Gasteiger partial charge in [-0.15, -0.1) is 0 Å². The van der Waals surface area contributed by atoms with Crippen LogP contribution in [0.25, 0.3) is 0 Å². The van der Waals surface area contributed by atoms with Crippen molar-refractivity contribution in [3.63, 3.8) is 0 Å². The fourth-order valence-corrected chi connectivity index (χ4v) is 3.55. The zero-order valence-electron chi connectivity index (χ0n) is 13.3. The molecule has 1 aliphatic heterocycles. The van der Waals surface area contributed by atoms with E-state index in [0.717, 1.165) is 19.4 Å². The molecule has 2 aliphatic rings. The Balaban J connectivity index is 1.62. The van der Waals surface area contributed by atoms with Crippen molar-refractivity contribution in [2.75, 3.05) is 19.7 Å². The first kappa shape index (κ1) is 15.3. The van der Waals surface area contributed by atoms with Gasteiger partial charge in [-0.2, -0.15) is 0 Å². The summed E-state index contributed by atoms with van der Waals surface area (Å²) in [4.78, 5) is 14.1. The van der Waals surface area contributed by atoms with Gasteiger partial charge in [0.2, 0.25) is 0 Å². The minimum atomic E-state index is -0.0128. The lowest BCUT2D eigenvalue weighted by Crippen LogP contribution is -2.39. The number of aryl methyl sites for hydroxylation is 2. The summed E-state index contributed by atoms with van der Waals surface area (Å²) in [5.74, 6) is 0.241. The standard InChI is InChI=1S/C18H26N2O2/c1-13(19-18(22)20-9-8-14(11-20)12-21)16-7-6-15-4-2-3-5-17(15)10-16/h6-7,10,13-14,21H,2-5,8-9,11-12H2,1H3,(H,19,22). The van der Waals surface area contributed by atoms with Gasteiger partial charge in [0.1, 0.15) is 0 Å². The van der Waals surface area contributed by atoms with E-state index in [1.807, 2.05) is 11.8 Å². The fraction of sp³-hybridized carbons (Fsp3) is 0.611. The third-order valence-corrected chi connectivity index (χ3v) is 5.04. The topological polar surface area (TPSA) is 52.6 Å². The second-order valence-corrected chi connectivity index (χ2v) is 6.69. The van der Waals surface area contributed by atoms with Crippen LogP contribution in [0.2, 0.25) is 0 Å². The Morgan fingerprint density at radius 1 is 1.36 bits per heavy atom. The predicted octanol–water partition coefficient (Wildman–Crippen LogP) is 2.65. The molecular formula is C18H26N2O2. The molecule has 4 nitrogen and oxygen atoms in total. The number of amides is 2. The highest BCUT2D eigenvalue weighted by Gasteiger charge is 2.26. The lowest BCUT2D eigenvalue weighted by atomic mass is 9.89. The van der Waals surface area contributed by atoms with Crippen LogP contribution >= 0.6 is 0 Å². The summed E-state index contributed by atoms with van der Waals surface area (Å²) >= 11 is 0. The molecule has 22 heavy (non-hydrogen) atoms. The summed E-state index contributed by atoms with van der Waals surface area (Å²) in [6.07, 6.45) is 5.81. The van der Waals surface area contributed by atoms with Gasteiger partial charge in [0, 0.05) is 25.6 Å². The molecule has 3 rings (SSSR count). The van der Waals surface area contributed by atoms with Crippen LogP contribution in [0.1, 0.15) is 48.9 Å². The fourth-order valence-electron chi connectivity index (χ4n) is 3.55. The molecule has 2 amide bonds. The number of aliphatic hydroxyl groups is 1. The van der Waals surface area contributed by atoms with Crippen LogP contribution in [0.4, 0.5) is 4.79 Å². The molecule has 1 fully saturated rings. The average Bonchev–Trinajstić information content (AvgIpc) is 3.03. The molecule has 0 spiro atoms. The third kappa shape index (κ3) is 3.27. The number of rotatable bonds is 3. The van der Waals surface area contributed by atoms with Crippen LogP contribution < -0.4 is 5.32 Å². The Bertz CT molecular complexity index is 544. The average molecular weight is 302 g/mol. The van der Waals surface area contributed by atoms with Gasteiger partial charge in [-0.25, -0.2) is 4.79 Å². The maximum absolute atomic E-state index is 12.3. The van der Waals surface area contributed by atoms with E-state index < -0.39 is 0 Å². The van der Waals surface area contributed by atoms with Gasteiger partial charge in [-0.3, -0.25) is 0 Å². The quantitative estimate of drug-likeness (QED) is 0.902. The first-order valence-corrected chi connectivity index (χ1v) is 8.45. The number of urea groups is 1. The van der Waals surface area contributed by atoms with Gasteiger partial charge in [-0.1, -0.05) is 18.2 Å². The molecule has 1 aliphatic carbocycles. The Hall–Kier alpha value is -1.55. The van der Waals surface area contributed by atoms with Gasteiger partial charge < -0.3 is 15.3 Å². The summed E-state index contributed by atoms with van der Waals surface area (Å²) in [5, 5.41) is 12.3. The molecule has 2 unspecified atom stereocenters. The molecule has 1 heterocycles. The van der Waals surface area contributed by atoms with E-state index in [9.17, 15) is 9.90 Å². The van der Waals surface area contributed by atoms with Crippen molar-refractivity contribution in [2.45, 2.75) is 45.1 Å². The zero-order chi connectivity index (χ0) is 15.5. The first-order valence-electron chi connectivity index (χ1n) is 8.45. The summed E-state index contributed by atoms with van der Waals surface area (Å²) in [6.45, 7) is 3.62. The number of likely N-dealkylation sites (tertiary alicyclic amines) is 1. The van der Waals surface area contributed by atoms with Crippen molar-refractivity contribution in [3.8, 4) is 0 Å². The van der Waals surface area contributed by atoms with Crippen LogP contribution in [0.3, 0.4) is 0 Å². The first-order chi connectivity index (χ1) is 10.7. The second-order valence-electron chi connectivity index (χ2n) is 6.69. The molecule has 4 heteroatoms. The van der Waals surface area contributed by atoms with Crippen LogP contribution in [0.5, 0.6) is 0 Å².